The van der Waals surface area contributed by atoms with Crippen molar-refractivity contribution in [2.24, 2.45) is 5.73 Å². The smallest absolute Gasteiger partial charge is 0.137 e. The maximum Gasteiger partial charge on any atom is 0.137 e. The van der Waals surface area contributed by atoms with Crippen molar-refractivity contribution in [3.05, 3.63) is 22.7 Å². The predicted molar refractivity (Wildman–Crippen MR) is 63.3 cm³/mol. The molecular weight excluding hydrogens is 230 g/mol. The fourth-order valence-electron chi connectivity index (χ4n) is 1.21. The van der Waals surface area contributed by atoms with Gasteiger partial charge in [0.05, 0.1) is 12.1 Å². The Balaban J connectivity index is 2.78. The number of methoxy groups -OCH3 is 1. The number of halogens is 1. The molecule has 0 saturated heterocycles. The average Bonchev–Trinajstić information content (AvgIpc) is 2.30. The van der Waals surface area contributed by atoms with Gasteiger partial charge in [0.15, 0.2) is 0 Å². The Hall–Kier alpha value is -0.970. The van der Waals surface area contributed by atoms with Crippen LogP contribution in [0.2, 0.25) is 5.02 Å². The number of aliphatic hydroxyl groups excluding tert-OH is 1. The Bertz CT molecular complexity index is 357. The molecule has 4 nitrogen and oxygen atoms in total. The van der Waals surface area contributed by atoms with E-state index in [-0.39, 0.29) is 13.2 Å². The van der Waals surface area contributed by atoms with E-state index >= 15 is 0 Å². The Morgan fingerprint density at radius 3 is 2.62 bits per heavy atom. The third-order valence-electron chi connectivity index (χ3n) is 2.22. The van der Waals surface area contributed by atoms with Crippen LogP contribution in [0.15, 0.2) is 12.1 Å². The van der Waals surface area contributed by atoms with E-state index in [2.05, 4.69) is 0 Å². The Kier molecular flexibility index (Phi) is 4.86. The fraction of sp³-hybridized carbons (Fsp3) is 0.455. The second-order valence-corrected chi connectivity index (χ2v) is 3.78. The van der Waals surface area contributed by atoms with E-state index in [1.165, 1.54) is 0 Å². The molecule has 0 aliphatic carbocycles. The third-order valence-corrected chi connectivity index (χ3v) is 2.69. The minimum absolute atomic E-state index is 0.153. The number of hydrogen-bond acceptors (Lipinski definition) is 4. The van der Waals surface area contributed by atoms with Gasteiger partial charge in [0.2, 0.25) is 0 Å². The zero-order valence-corrected chi connectivity index (χ0v) is 10.1. The minimum Gasteiger partial charge on any atom is -0.495 e. The highest BCUT2D eigenvalue weighted by atomic mass is 35.5. The lowest BCUT2D eigenvalue weighted by molar-refractivity contribution is 0.114. The number of rotatable bonds is 5. The fourth-order valence-corrected chi connectivity index (χ4v) is 1.44. The molecule has 1 rings (SSSR count). The summed E-state index contributed by atoms with van der Waals surface area (Å²) < 4.78 is 10.5. The molecule has 0 saturated carbocycles. The monoisotopic (exact) mass is 245 g/mol. The molecule has 5 heteroatoms. The maximum atomic E-state index is 9.27. The van der Waals surface area contributed by atoms with Gasteiger partial charge in [-0.05, 0) is 19.1 Å². The number of hydrogen-bond donors (Lipinski definition) is 2. The van der Waals surface area contributed by atoms with Crippen molar-refractivity contribution < 1.29 is 14.6 Å². The van der Waals surface area contributed by atoms with Gasteiger partial charge in [-0.15, -0.1) is 0 Å². The summed E-state index contributed by atoms with van der Waals surface area (Å²) in [5.74, 6) is 1.23. The Morgan fingerprint density at radius 1 is 1.44 bits per heavy atom. The van der Waals surface area contributed by atoms with Crippen LogP contribution in [0.3, 0.4) is 0 Å². The van der Waals surface area contributed by atoms with Crippen LogP contribution >= 0.6 is 11.6 Å². The van der Waals surface area contributed by atoms with E-state index in [0.717, 1.165) is 5.56 Å². The van der Waals surface area contributed by atoms with Crippen LogP contribution < -0.4 is 15.2 Å². The summed E-state index contributed by atoms with van der Waals surface area (Å²) in [6.07, 6.45) is -0.666. The van der Waals surface area contributed by atoms with Gasteiger partial charge in [0.1, 0.15) is 24.2 Å². The summed E-state index contributed by atoms with van der Waals surface area (Å²) in [7, 11) is 1.55. The molecule has 0 aromatic heterocycles. The lowest BCUT2D eigenvalue weighted by atomic mass is 10.2. The van der Waals surface area contributed by atoms with Crippen LogP contribution in [0.4, 0.5) is 0 Å². The second-order valence-electron chi connectivity index (χ2n) is 3.41. The van der Waals surface area contributed by atoms with Crippen LogP contribution in [0.25, 0.3) is 0 Å². The summed E-state index contributed by atoms with van der Waals surface area (Å²) >= 11 is 6.06. The molecule has 0 fully saturated rings. The van der Waals surface area contributed by atoms with E-state index in [9.17, 15) is 5.11 Å². The van der Waals surface area contributed by atoms with Gasteiger partial charge >= 0.3 is 0 Å². The number of benzene rings is 1. The molecule has 1 aromatic rings. The van der Waals surface area contributed by atoms with Crippen molar-refractivity contribution >= 4 is 11.6 Å². The van der Waals surface area contributed by atoms with Crippen molar-refractivity contribution in [2.75, 3.05) is 20.3 Å². The number of ether oxygens (including phenoxy) is 2. The van der Waals surface area contributed by atoms with Gasteiger partial charge in [0.25, 0.3) is 0 Å². The highest BCUT2D eigenvalue weighted by Gasteiger charge is 2.10. The molecule has 3 N–H and O–H groups in total. The van der Waals surface area contributed by atoms with Crippen molar-refractivity contribution in [1.82, 2.24) is 0 Å². The van der Waals surface area contributed by atoms with Gasteiger partial charge in [-0.2, -0.15) is 0 Å². The van der Waals surface area contributed by atoms with Crippen LogP contribution in [-0.4, -0.2) is 31.5 Å². The first-order valence-corrected chi connectivity index (χ1v) is 5.32. The first kappa shape index (κ1) is 13.1. The van der Waals surface area contributed by atoms with Gasteiger partial charge in [-0.1, -0.05) is 11.6 Å². The SMILES string of the molecule is COc1ccc(OC[C@H](O)CN)c(C)c1Cl. The van der Waals surface area contributed by atoms with Crippen molar-refractivity contribution in [3.8, 4) is 11.5 Å². The molecule has 90 valence electrons. The molecule has 0 bridgehead atoms. The molecule has 1 atom stereocenters. The van der Waals surface area contributed by atoms with Crippen molar-refractivity contribution in [1.29, 1.82) is 0 Å². The summed E-state index contributed by atoms with van der Waals surface area (Å²) in [4.78, 5) is 0. The molecule has 16 heavy (non-hydrogen) atoms. The zero-order valence-electron chi connectivity index (χ0n) is 9.37. The summed E-state index contributed by atoms with van der Waals surface area (Å²) in [5.41, 5.74) is 6.06. The van der Waals surface area contributed by atoms with Crippen LogP contribution in [-0.2, 0) is 0 Å². The normalized spacial score (nSPS) is 12.3. The molecular formula is C11H16ClNO3. The Morgan fingerprint density at radius 2 is 2.06 bits per heavy atom. The van der Waals surface area contributed by atoms with E-state index in [4.69, 9.17) is 26.8 Å². The quantitative estimate of drug-likeness (QED) is 0.822. The average molecular weight is 246 g/mol. The third kappa shape index (κ3) is 3.01. The van der Waals surface area contributed by atoms with E-state index in [0.29, 0.717) is 16.5 Å². The molecule has 0 aliphatic rings. The molecule has 0 amide bonds. The van der Waals surface area contributed by atoms with Crippen LogP contribution in [0.1, 0.15) is 5.56 Å². The van der Waals surface area contributed by atoms with Gasteiger partial charge in [0, 0.05) is 12.1 Å². The highest BCUT2D eigenvalue weighted by Crippen LogP contribution is 2.33. The van der Waals surface area contributed by atoms with Crippen molar-refractivity contribution in [3.63, 3.8) is 0 Å². The first-order valence-electron chi connectivity index (χ1n) is 4.94. The van der Waals surface area contributed by atoms with Crippen LogP contribution in [0.5, 0.6) is 11.5 Å². The molecule has 0 unspecified atom stereocenters. The second kappa shape index (κ2) is 5.94. The summed E-state index contributed by atoms with van der Waals surface area (Å²) in [5, 5.41) is 9.79. The standard InChI is InChI=1S/C11H16ClNO3/c1-7-9(16-6-8(14)5-13)3-4-10(15-2)11(7)12/h3-4,8,14H,5-6,13H2,1-2H3/t8-/m1/s1. The molecule has 0 heterocycles. The molecule has 0 radical (unpaired) electrons. The van der Waals surface area contributed by atoms with Gasteiger partial charge in [-0.25, -0.2) is 0 Å². The lowest BCUT2D eigenvalue weighted by Crippen LogP contribution is -2.26. The zero-order chi connectivity index (χ0) is 12.1. The van der Waals surface area contributed by atoms with E-state index in [1.54, 1.807) is 19.2 Å². The predicted octanol–water partition coefficient (Wildman–Crippen LogP) is 1.36. The summed E-state index contributed by atoms with van der Waals surface area (Å²) in [6.45, 7) is 2.15. The maximum absolute atomic E-state index is 9.27. The topological polar surface area (TPSA) is 64.7 Å². The minimum atomic E-state index is -0.666. The largest absolute Gasteiger partial charge is 0.495 e. The molecule has 1 aromatic carbocycles. The first-order chi connectivity index (χ1) is 7.60. The van der Waals surface area contributed by atoms with Crippen molar-refractivity contribution in [2.45, 2.75) is 13.0 Å². The summed E-state index contributed by atoms with van der Waals surface area (Å²) in [6, 6.07) is 3.47. The Labute approximate surface area is 99.9 Å². The van der Waals surface area contributed by atoms with E-state index < -0.39 is 6.10 Å². The molecule has 0 spiro atoms. The van der Waals surface area contributed by atoms with Crippen LogP contribution in [0, 0.1) is 6.92 Å². The highest BCUT2D eigenvalue weighted by molar-refractivity contribution is 6.33. The lowest BCUT2D eigenvalue weighted by Gasteiger charge is -2.14. The molecule has 0 aliphatic heterocycles. The number of nitrogens with two attached hydrogens (primary N) is 1. The van der Waals surface area contributed by atoms with Gasteiger partial charge in [-0.3, -0.25) is 0 Å². The van der Waals surface area contributed by atoms with E-state index in [1.807, 2.05) is 6.92 Å². The van der Waals surface area contributed by atoms with Gasteiger partial charge < -0.3 is 20.3 Å². The number of aliphatic hydroxyl groups is 1.